The van der Waals surface area contributed by atoms with E-state index in [4.69, 9.17) is 4.74 Å². The second-order valence-corrected chi connectivity index (χ2v) is 9.26. The zero-order valence-electron chi connectivity index (χ0n) is 18.3. The summed E-state index contributed by atoms with van der Waals surface area (Å²) < 4.78 is 6.80. The maximum absolute atomic E-state index is 12.8. The molecule has 2 saturated heterocycles. The second-order valence-electron chi connectivity index (χ2n) is 9.26. The topological polar surface area (TPSA) is 103 Å². The Morgan fingerprint density at radius 3 is 2.81 bits per heavy atom. The van der Waals surface area contributed by atoms with E-state index in [9.17, 15) is 14.4 Å². The molecule has 31 heavy (non-hydrogen) atoms. The molecular weight excluding hydrogens is 400 g/mol. The van der Waals surface area contributed by atoms with Crippen molar-refractivity contribution in [2.24, 2.45) is 0 Å². The van der Waals surface area contributed by atoms with Crippen molar-refractivity contribution in [1.82, 2.24) is 29.3 Å². The minimum absolute atomic E-state index is 0.0472. The quantitative estimate of drug-likeness (QED) is 0.781. The first-order chi connectivity index (χ1) is 14.7. The van der Waals surface area contributed by atoms with E-state index in [1.165, 1.54) is 9.42 Å². The molecule has 2 fully saturated rings. The first-order valence-corrected chi connectivity index (χ1v) is 10.8. The largest absolute Gasteiger partial charge is 0.444 e. The number of piperidine rings is 1. The molecule has 2 amide bonds. The van der Waals surface area contributed by atoms with E-state index >= 15 is 0 Å². The van der Waals surface area contributed by atoms with Gasteiger partial charge in [0.05, 0.1) is 5.69 Å². The van der Waals surface area contributed by atoms with Gasteiger partial charge >= 0.3 is 6.09 Å². The predicted octanol–water partition coefficient (Wildman–Crippen LogP) is 1.07. The molecule has 2 aromatic heterocycles. The second kappa shape index (κ2) is 8.33. The summed E-state index contributed by atoms with van der Waals surface area (Å²) in [4.78, 5) is 47.5. The first kappa shape index (κ1) is 21.4. The summed E-state index contributed by atoms with van der Waals surface area (Å²) in [5, 5.41) is 2.84. The summed E-state index contributed by atoms with van der Waals surface area (Å²) in [6, 6.07) is 3.42. The van der Waals surface area contributed by atoms with E-state index in [1.807, 2.05) is 25.7 Å². The smallest absolute Gasteiger partial charge is 0.410 e. The van der Waals surface area contributed by atoms with Crippen molar-refractivity contribution < 1.29 is 14.3 Å². The van der Waals surface area contributed by atoms with Gasteiger partial charge in [-0.05, 0) is 40.2 Å². The van der Waals surface area contributed by atoms with Gasteiger partial charge in [0.15, 0.2) is 5.65 Å². The van der Waals surface area contributed by atoms with Crippen LogP contribution in [0.2, 0.25) is 0 Å². The molecule has 10 heteroatoms. The molecule has 1 atom stereocenters. The first-order valence-electron chi connectivity index (χ1n) is 10.8. The van der Waals surface area contributed by atoms with Crippen molar-refractivity contribution in [3.8, 4) is 0 Å². The molecule has 0 radical (unpaired) electrons. The van der Waals surface area contributed by atoms with Crippen LogP contribution in [-0.2, 0) is 16.1 Å². The standard InChI is InChI=1S/C21H30N6O4/c1-21(2,3)31-20(30)25-9-10-26(19(29)14-25)16-5-4-8-24(13-16)12-15-11-18(28)27-17(23-15)6-7-22-27/h6-7,11,16,22H,4-5,8-10,12-14H2,1-3H3/t16-/m0/s1. The highest BCUT2D eigenvalue weighted by molar-refractivity contribution is 5.84. The SMILES string of the molecule is CC(C)(C)OC(=O)N1CCN([C@H]2CCCN(Cc3cc(=O)n4[nH]ccc4n3)C2)C(=O)C1. The number of carbonyl (C=O) groups excluding carboxylic acids is 2. The third-order valence-electron chi connectivity index (χ3n) is 5.65. The molecule has 4 heterocycles. The van der Waals surface area contributed by atoms with E-state index in [0.717, 1.165) is 31.6 Å². The molecule has 0 unspecified atom stereocenters. The number of hydrogen-bond donors (Lipinski definition) is 1. The number of H-pyrrole nitrogens is 1. The van der Waals surface area contributed by atoms with Crippen LogP contribution in [0, 0.1) is 0 Å². The van der Waals surface area contributed by atoms with Crippen molar-refractivity contribution in [1.29, 1.82) is 0 Å². The van der Waals surface area contributed by atoms with Crippen LogP contribution in [-0.4, -0.2) is 85.7 Å². The van der Waals surface area contributed by atoms with Crippen molar-refractivity contribution in [3.05, 3.63) is 34.4 Å². The van der Waals surface area contributed by atoms with Crippen LogP contribution in [0.1, 0.15) is 39.3 Å². The van der Waals surface area contributed by atoms with Gasteiger partial charge in [0.2, 0.25) is 5.91 Å². The van der Waals surface area contributed by atoms with Gasteiger partial charge in [-0.3, -0.25) is 24.5 Å². The number of fused-ring (bicyclic) bond motifs is 1. The van der Waals surface area contributed by atoms with E-state index in [2.05, 4.69) is 15.0 Å². The van der Waals surface area contributed by atoms with E-state index in [0.29, 0.717) is 25.3 Å². The van der Waals surface area contributed by atoms with Crippen LogP contribution in [0.15, 0.2) is 23.1 Å². The van der Waals surface area contributed by atoms with Crippen LogP contribution in [0.5, 0.6) is 0 Å². The fraction of sp³-hybridized carbons (Fsp3) is 0.619. The Hall–Kier alpha value is -2.88. The Labute approximate surface area is 180 Å². The van der Waals surface area contributed by atoms with Crippen molar-refractivity contribution in [2.75, 3.05) is 32.7 Å². The minimum Gasteiger partial charge on any atom is -0.444 e. The van der Waals surface area contributed by atoms with Gasteiger partial charge in [0.25, 0.3) is 5.56 Å². The van der Waals surface area contributed by atoms with Crippen molar-refractivity contribution >= 4 is 17.6 Å². The Morgan fingerprint density at radius 1 is 1.26 bits per heavy atom. The van der Waals surface area contributed by atoms with Gasteiger partial charge < -0.3 is 9.64 Å². The van der Waals surface area contributed by atoms with Crippen LogP contribution in [0.4, 0.5) is 4.79 Å². The fourth-order valence-corrected chi connectivity index (χ4v) is 4.27. The third-order valence-corrected chi connectivity index (χ3v) is 5.65. The number of carbonyl (C=O) groups is 2. The number of ether oxygens (including phenoxy) is 1. The average Bonchev–Trinajstić information content (AvgIpc) is 3.16. The molecule has 0 aliphatic carbocycles. The number of nitrogens with zero attached hydrogens (tertiary/aromatic N) is 5. The lowest BCUT2D eigenvalue weighted by Crippen LogP contribution is -2.59. The van der Waals surface area contributed by atoms with Crippen molar-refractivity contribution in [3.63, 3.8) is 0 Å². The molecule has 1 N–H and O–H groups in total. The summed E-state index contributed by atoms with van der Waals surface area (Å²) in [6.45, 7) is 8.67. The Kier molecular flexibility index (Phi) is 5.74. The van der Waals surface area contributed by atoms with E-state index in [-0.39, 0.29) is 24.1 Å². The lowest BCUT2D eigenvalue weighted by molar-refractivity contribution is -0.139. The normalized spacial score (nSPS) is 21.0. The number of amides is 2. The summed E-state index contributed by atoms with van der Waals surface area (Å²) in [5.74, 6) is -0.0472. The Balaban J connectivity index is 1.37. The minimum atomic E-state index is -0.582. The zero-order valence-corrected chi connectivity index (χ0v) is 18.3. The van der Waals surface area contributed by atoms with Gasteiger partial charge in [0.1, 0.15) is 12.1 Å². The molecule has 2 aromatic rings. The highest BCUT2D eigenvalue weighted by atomic mass is 16.6. The van der Waals surface area contributed by atoms with Gasteiger partial charge in [0, 0.05) is 50.6 Å². The number of rotatable bonds is 3. The predicted molar refractivity (Wildman–Crippen MR) is 114 cm³/mol. The molecule has 0 aromatic carbocycles. The van der Waals surface area contributed by atoms with Gasteiger partial charge in [-0.25, -0.2) is 14.3 Å². The fourth-order valence-electron chi connectivity index (χ4n) is 4.27. The van der Waals surface area contributed by atoms with E-state index < -0.39 is 11.7 Å². The number of piperazine rings is 1. The maximum Gasteiger partial charge on any atom is 0.410 e. The molecule has 4 rings (SSSR count). The zero-order chi connectivity index (χ0) is 22.2. The molecule has 2 aliphatic heterocycles. The molecular formula is C21H30N6O4. The van der Waals surface area contributed by atoms with Crippen LogP contribution < -0.4 is 5.56 Å². The van der Waals surface area contributed by atoms with E-state index in [1.54, 1.807) is 18.3 Å². The molecule has 168 valence electrons. The Morgan fingerprint density at radius 2 is 2.06 bits per heavy atom. The highest BCUT2D eigenvalue weighted by Crippen LogP contribution is 2.21. The van der Waals surface area contributed by atoms with Crippen LogP contribution in [0.25, 0.3) is 5.65 Å². The molecule has 0 saturated carbocycles. The summed E-state index contributed by atoms with van der Waals surface area (Å²) >= 11 is 0. The number of aromatic nitrogens is 3. The lowest BCUT2D eigenvalue weighted by atomic mass is 10.0. The molecule has 0 bridgehead atoms. The number of nitrogens with one attached hydrogen (secondary N) is 1. The average molecular weight is 431 g/mol. The van der Waals surface area contributed by atoms with Gasteiger partial charge in [-0.1, -0.05) is 0 Å². The molecule has 0 spiro atoms. The summed E-state index contributed by atoms with van der Waals surface area (Å²) in [7, 11) is 0. The Bertz CT molecular complexity index is 1020. The lowest BCUT2D eigenvalue weighted by Gasteiger charge is -2.43. The van der Waals surface area contributed by atoms with Gasteiger partial charge in [-0.15, -0.1) is 0 Å². The summed E-state index contributed by atoms with van der Waals surface area (Å²) in [5.41, 5.74) is 0.615. The third kappa shape index (κ3) is 4.90. The van der Waals surface area contributed by atoms with Gasteiger partial charge in [-0.2, -0.15) is 0 Å². The number of hydrogen-bond acceptors (Lipinski definition) is 6. The number of likely N-dealkylation sites (tertiary alicyclic amines) is 1. The van der Waals surface area contributed by atoms with Crippen LogP contribution in [0.3, 0.4) is 0 Å². The van der Waals surface area contributed by atoms with Crippen molar-refractivity contribution in [2.45, 2.75) is 51.8 Å². The molecule has 2 aliphatic rings. The number of aromatic amines is 1. The summed E-state index contributed by atoms with van der Waals surface area (Å²) in [6.07, 6.45) is 3.15. The maximum atomic E-state index is 12.8. The monoisotopic (exact) mass is 430 g/mol. The molecule has 10 nitrogen and oxygen atoms in total. The highest BCUT2D eigenvalue weighted by Gasteiger charge is 2.35. The van der Waals surface area contributed by atoms with Crippen LogP contribution >= 0.6 is 0 Å².